The second-order valence-corrected chi connectivity index (χ2v) is 3.32. The Balaban J connectivity index is 3.76. The highest BCUT2D eigenvalue weighted by molar-refractivity contribution is 5.13. The molecule has 0 N–H and O–H groups in total. The zero-order valence-electron chi connectivity index (χ0n) is 9.13. The van der Waals surface area contributed by atoms with E-state index in [4.69, 9.17) is 0 Å². The van der Waals surface area contributed by atoms with Crippen LogP contribution < -0.4 is 0 Å². The van der Waals surface area contributed by atoms with Gasteiger partial charge in [0.2, 0.25) is 0 Å². The van der Waals surface area contributed by atoms with Gasteiger partial charge in [0.15, 0.2) is 0 Å². The van der Waals surface area contributed by atoms with Gasteiger partial charge in [0, 0.05) is 0 Å². The van der Waals surface area contributed by atoms with Crippen LogP contribution in [0.2, 0.25) is 0 Å². The van der Waals surface area contributed by atoms with Crippen molar-refractivity contribution in [2.75, 3.05) is 0 Å². The molecule has 0 fully saturated rings. The Morgan fingerprint density at radius 3 is 2.57 bits per heavy atom. The molecule has 0 aromatic carbocycles. The largest absolute Gasteiger partial charge is 0.0991 e. The average molecular weight is 188 g/mol. The van der Waals surface area contributed by atoms with Crippen molar-refractivity contribution in [1.82, 2.24) is 0 Å². The summed E-state index contributed by atoms with van der Waals surface area (Å²) < 4.78 is 0. The van der Waals surface area contributed by atoms with Crippen molar-refractivity contribution in [3.8, 4) is 0 Å². The smallest absolute Gasteiger partial charge is 0.0138 e. The van der Waals surface area contributed by atoms with E-state index in [0.717, 1.165) is 24.8 Å². The lowest BCUT2D eigenvalue weighted by Crippen LogP contribution is -1.77. The quantitative estimate of drug-likeness (QED) is 0.405. The minimum absolute atomic E-state index is 1.01. The number of hydrogen-bond donors (Lipinski definition) is 0. The maximum absolute atomic E-state index is 3.87. The molecule has 0 radical (unpaired) electrons. The number of allylic oxidation sites excluding steroid dienone is 7. The van der Waals surface area contributed by atoms with Crippen LogP contribution in [-0.4, -0.2) is 0 Å². The zero-order valence-corrected chi connectivity index (χ0v) is 9.13. The molecule has 0 aliphatic carbocycles. The van der Waals surface area contributed by atoms with Crippen LogP contribution in [0.1, 0.15) is 26.2 Å². The number of hydrogen-bond acceptors (Lipinski definition) is 0. The molecule has 0 aromatic heterocycles. The molecule has 0 amide bonds. The Hall–Kier alpha value is -1.30. The molecule has 0 nitrogen and oxygen atoms in total. The van der Waals surface area contributed by atoms with Gasteiger partial charge in [0.25, 0.3) is 0 Å². The minimum Gasteiger partial charge on any atom is -0.0991 e. The maximum Gasteiger partial charge on any atom is -0.0138 e. The van der Waals surface area contributed by atoms with Crippen LogP contribution in [0.15, 0.2) is 61.3 Å². The van der Waals surface area contributed by atoms with Gasteiger partial charge in [-0.05, 0) is 26.2 Å². The van der Waals surface area contributed by atoms with E-state index in [1.165, 1.54) is 5.57 Å². The lowest BCUT2D eigenvalue weighted by molar-refractivity contribution is 0.989. The molecule has 0 heterocycles. The second-order valence-electron chi connectivity index (χ2n) is 3.32. The van der Waals surface area contributed by atoms with Gasteiger partial charge in [-0.2, -0.15) is 0 Å². The average Bonchev–Trinajstić information content (AvgIpc) is 2.18. The van der Waals surface area contributed by atoms with E-state index < -0.39 is 0 Å². The first kappa shape index (κ1) is 12.7. The van der Waals surface area contributed by atoms with Crippen LogP contribution in [0.4, 0.5) is 0 Å². The molecule has 0 saturated carbocycles. The fourth-order valence-electron chi connectivity index (χ4n) is 1.04. The first-order valence-corrected chi connectivity index (χ1v) is 4.94. The third kappa shape index (κ3) is 7.35. The summed E-state index contributed by atoms with van der Waals surface area (Å²) in [6.07, 6.45) is 13.0. The molecule has 0 rings (SSSR count). The van der Waals surface area contributed by atoms with Crippen molar-refractivity contribution in [1.29, 1.82) is 0 Å². The van der Waals surface area contributed by atoms with E-state index in [-0.39, 0.29) is 0 Å². The van der Waals surface area contributed by atoms with E-state index in [1.807, 2.05) is 12.2 Å². The lowest BCUT2D eigenvalue weighted by Gasteiger charge is -1.97. The number of rotatable bonds is 7. The lowest BCUT2D eigenvalue weighted by atomic mass is 10.1. The highest BCUT2D eigenvalue weighted by Crippen LogP contribution is 2.08. The molecule has 0 heteroatoms. The highest BCUT2D eigenvalue weighted by Gasteiger charge is 1.88. The van der Waals surface area contributed by atoms with Crippen LogP contribution in [0.5, 0.6) is 0 Å². The van der Waals surface area contributed by atoms with Crippen LogP contribution >= 0.6 is 0 Å². The van der Waals surface area contributed by atoms with Gasteiger partial charge in [-0.25, -0.2) is 0 Å². The Morgan fingerprint density at radius 1 is 1.29 bits per heavy atom. The van der Waals surface area contributed by atoms with Crippen molar-refractivity contribution in [2.24, 2.45) is 0 Å². The van der Waals surface area contributed by atoms with Crippen molar-refractivity contribution < 1.29 is 0 Å². The van der Waals surface area contributed by atoms with E-state index in [0.29, 0.717) is 0 Å². The molecule has 0 atom stereocenters. The molecule has 0 unspecified atom stereocenters. The first-order chi connectivity index (χ1) is 6.70. The summed E-state index contributed by atoms with van der Waals surface area (Å²) in [5.74, 6) is 0. The van der Waals surface area contributed by atoms with Gasteiger partial charge in [-0.15, -0.1) is 0 Å². The fraction of sp³-hybridized carbons (Fsp3) is 0.286. The topological polar surface area (TPSA) is 0 Å². The van der Waals surface area contributed by atoms with Gasteiger partial charge < -0.3 is 0 Å². The van der Waals surface area contributed by atoms with Crippen molar-refractivity contribution >= 4 is 0 Å². The highest BCUT2D eigenvalue weighted by atomic mass is 13.9. The first-order valence-electron chi connectivity index (χ1n) is 4.94. The van der Waals surface area contributed by atoms with Crippen molar-refractivity contribution in [3.63, 3.8) is 0 Å². The Bertz CT molecular complexity index is 251. The summed E-state index contributed by atoms with van der Waals surface area (Å²) in [6.45, 7) is 13.3. The Labute approximate surface area is 88.0 Å². The summed E-state index contributed by atoms with van der Waals surface area (Å²) in [7, 11) is 0. The monoisotopic (exact) mass is 188 g/mol. The van der Waals surface area contributed by atoms with Crippen LogP contribution in [-0.2, 0) is 0 Å². The summed E-state index contributed by atoms with van der Waals surface area (Å²) in [5, 5.41) is 0. The van der Waals surface area contributed by atoms with Gasteiger partial charge in [-0.1, -0.05) is 61.3 Å². The third-order valence-corrected chi connectivity index (χ3v) is 1.96. The van der Waals surface area contributed by atoms with Gasteiger partial charge in [0.1, 0.15) is 0 Å². The SMILES string of the molecule is C=CC=CCC(C)=CCCC(=C)C=C. The summed E-state index contributed by atoms with van der Waals surface area (Å²) >= 11 is 0. The molecule has 0 aromatic rings. The maximum atomic E-state index is 3.87. The van der Waals surface area contributed by atoms with Gasteiger partial charge in [-0.3, -0.25) is 0 Å². The van der Waals surface area contributed by atoms with Crippen molar-refractivity contribution in [2.45, 2.75) is 26.2 Å². The van der Waals surface area contributed by atoms with Crippen LogP contribution in [0.3, 0.4) is 0 Å². The van der Waals surface area contributed by atoms with E-state index in [9.17, 15) is 0 Å². The molecule has 14 heavy (non-hydrogen) atoms. The zero-order chi connectivity index (χ0) is 10.8. The molecule has 76 valence electrons. The van der Waals surface area contributed by atoms with Gasteiger partial charge in [0.05, 0.1) is 0 Å². The minimum atomic E-state index is 1.01. The molecule has 0 bridgehead atoms. The Kier molecular flexibility index (Phi) is 7.53. The second kappa shape index (κ2) is 8.31. The standard InChI is InChI=1S/C14H20/c1-5-7-8-10-14(4)12-9-11-13(3)6-2/h5-8,12H,1-3,9-11H2,4H3. The fourth-order valence-corrected chi connectivity index (χ4v) is 1.04. The van der Waals surface area contributed by atoms with Crippen LogP contribution in [0, 0.1) is 0 Å². The predicted octanol–water partition coefficient (Wildman–Crippen LogP) is 4.59. The third-order valence-electron chi connectivity index (χ3n) is 1.96. The van der Waals surface area contributed by atoms with E-state index in [1.54, 1.807) is 6.08 Å². The van der Waals surface area contributed by atoms with Crippen LogP contribution in [0.25, 0.3) is 0 Å². The predicted molar refractivity (Wildman–Crippen MR) is 66.3 cm³/mol. The van der Waals surface area contributed by atoms with E-state index >= 15 is 0 Å². The summed E-state index contributed by atoms with van der Waals surface area (Å²) in [4.78, 5) is 0. The van der Waals surface area contributed by atoms with Gasteiger partial charge >= 0.3 is 0 Å². The van der Waals surface area contributed by atoms with Crippen molar-refractivity contribution in [3.05, 3.63) is 61.3 Å². The normalized spacial score (nSPS) is 11.6. The molecular weight excluding hydrogens is 168 g/mol. The summed E-state index contributed by atoms with van der Waals surface area (Å²) in [6, 6.07) is 0. The molecule has 0 aliphatic heterocycles. The molecule has 0 aliphatic rings. The molecule has 0 saturated heterocycles. The molecule has 0 spiro atoms. The summed E-state index contributed by atoms with van der Waals surface area (Å²) in [5.41, 5.74) is 2.50. The molecular formula is C14H20. The Morgan fingerprint density at radius 2 is 2.00 bits per heavy atom. The van der Waals surface area contributed by atoms with E-state index in [2.05, 4.69) is 38.8 Å².